The van der Waals surface area contributed by atoms with Crippen LogP contribution in [0.15, 0.2) is 24.7 Å². The molecule has 6 heteroatoms. The van der Waals surface area contributed by atoms with Crippen molar-refractivity contribution in [2.24, 2.45) is 0 Å². The number of aryl methyl sites for hydroxylation is 4. The Morgan fingerprint density at radius 1 is 1.03 bits per heavy atom. The molecule has 1 N–H and O–H groups in total. The molecule has 39 heavy (non-hydrogen) atoms. The fourth-order valence-corrected chi connectivity index (χ4v) is 4.96. The number of nitrogens with zero attached hydrogens (tertiary/aromatic N) is 3. The summed E-state index contributed by atoms with van der Waals surface area (Å²) in [7, 11) is 0. The third-order valence-corrected chi connectivity index (χ3v) is 6.80. The van der Waals surface area contributed by atoms with E-state index in [9.17, 15) is 9.18 Å². The van der Waals surface area contributed by atoms with Crippen LogP contribution in [0.4, 0.5) is 4.39 Å². The van der Waals surface area contributed by atoms with E-state index in [0.717, 1.165) is 61.6 Å². The summed E-state index contributed by atoms with van der Waals surface area (Å²) in [6.45, 7) is 20.1. The van der Waals surface area contributed by atoms with Crippen LogP contribution in [0.1, 0.15) is 120 Å². The molecule has 0 saturated carbocycles. The number of fused-ring (bicyclic) bond motifs is 1. The smallest absolute Gasteiger partial charge is 0.142 e. The quantitative estimate of drug-likeness (QED) is 0.328. The van der Waals surface area contributed by atoms with E-state index < -0.39 is 0 Å². The minimum Gasteiger partial charge on any atom is -0.317 e. The van der Waals surface area contributed by atoms with E-state index in [4.69, 9.17) is 0 Å². The fraction of sp³-hybridized carbons (Fsp3) is 0.606. The average Bonchev–Trinajstić information content (AvgIpc) is 3.31. The first-order valence-electron chi connectivity index (χ1n) is 15.0. The molecular formula is C33H53FN4O. The number of nitrogens with one attached hydrogen (secondary N) is 1. The highest BCUT2D eigenvalue weighted by Gasteiger charge is 2.19. The summed E-state index contributed by atoms with van der Waals surface area (Å²) in [5.41, 5.74) is 7.38. The summed E-state index contributed by atoms with van der Waals surface area (Å²) in [6.07, 6.45) is 14.2. The van der Waals surface area contributed by atoms with Gasteiger partial charge in [0.25, 0.3) is 0 Å². The molecule has 0 unspecified atom stereocenters. The van der Waals surface area contributed by atoms with Gasteiger partial charge in [-0.2, -0.15) is 0 Å². The van der Waals surface area contributed by atoms with Crippen molar-refractivity contribution in [3.63, 3.8) is 0 Å². The molecule has 0 atom stereocenters. The SMILES string of the molecule is CC.CCCC(C)=O.CCCc1c(C2CCNCC2)ccnc1C.CCCc1cn2cc(C)nc2c(C)c1F. The first kappa shape index (κ1) is 34.4. The lowest BCUT2D eigenvalue weighted by Crippen LogP contribution is -2.27. The van der Waals surface area contributed by atoms with Gasteiger partial charge in [0, 0.05) is 41.8 Å². The van der Waals surface area contributed by atoms with Crippen molar-refractivity contribution in [2.75, 3.05) is 13.1 Å². The van der Waals surface area contributed by atoms with Gasteiger partial charge in [0.15, 0.2) is 0 Å². The second-order valence-corrected chi connectivity index (χ2v) is 10.1. The maximum atomic E-state index is 13.9. The number of ketones is 1. The molecule has 1 aliphatic heterocycles. The van der Waals surface area contributed by atoms with Crippen LogP contribution in [0.3, 0.4) is 0 Å². The number of aromatic nitrogens is 3. The van der Waals surface area contributed by atoms with Crippen molar-refractivity contribution in [1.29, 1.82) is 0 Å². The van der Waals surface area contributed by atoms with Crippen molar-refractivity contribution in [3.05, 3.63) is 64.1 Å². The van der Waals surface area contributed by atoms with Gasteiger partial charge in [0.2, 0.25) is 0 Å². The molecule has 3 aromatic rings. The van der Waals surface area contributed by atoms with E-state index in [2.05, 4.69) is 42.1 Å². The van der Waals surface area contributed by atoms with Gasteiger partial charge in [-0.3, -0.25) is 4.98 Å². The zero-order valence-electron chi connectivity index (χ0n) is 26.1. The lowest BCUT2D eigenvalue weighted by Gasteiger charge is -2.25. The number of pyridine rings is 2. The molecule has 0 radical (unpaired) electrons. The Morgan fingerprint density at radius 2 is 1.67 bits per heavy atom. The Kier molecular flexibility index (Phi) is 16.5. The third-order valence-electron chi connectivity index (χ3n) is 6.80. The molecule has 1 aliphatic rings. The highest BCUT2D eigenvalue weighted by Crippen LogP contribution is 2.29. The van der Waals surface area contributed by atoms with Gasteiger partial charge in [-0.25, -0.2) is 9.37 Å². The molecule has 0 aromatic carbocycles. The van der Waals surface area contributed by atoms with Gasteiger partial charge in [-0.1, -0.05) is 47.5 Å². The van der Waals surface area contributed by atoms with Gasteiger partial charge in [0.1, 0.15) is 17.2 Å². The average molecular weight is 541 g/mol. The first-order valence-corrected chi connectivity index (χ1v) is 15.0. The number of carbonyl (C=O) groups is 1. The standard InChI is InChI=1S/C14H22N2.C12H15FN2.C5H10O.C2H6/c1-3-4-13-11(2)16-10-7-14(13)12-5-8-15-9-6-12;1-4-5-10-7-15-6-8(2)14-12(15)9(3)11(10)13;1-3-4-5(2)6;1-2/h7,10,12,15H,3-6,8-9H2,1-2H3;6-7H,4-5H2,1-3H3;3-4H2,1-2H3;1-2H3. The Morgan fingerprint density at radius 3 is 2.21 bits per heavy atom. The summed E-state index contributed by atoms with van der Waals surface area (Å²) in [6, 6.07) is 2.24. The van der Waals surface area contributed by atoms with Gasteiger partial charge >= 0.3 is 0 Å². The Bertz CT molecular complexity index is 1130. The topological polar surface area (TPSA) is 59.3 Å². The van der Waals surface area contributed by atoms with Crippen LogP contribution in [0.2, 0.25) is 0 Å². The summed E-state index contributed by atoms with van der Waals surface area (Å²) >= 11 is 0. The molecule has 1 fully saturated rings. The van der Waals surface area contributed by atoms with Crippen molar-refractivity contribution >= 4 is 11.4 Å². The molecule has 0 bridgehead atoms. The summed E-state index contributed by atoms with van der Waals surface area (Å²) < 4.78 is 15.8. The molecule has 3 aromatic heterocycles. The number of hydrogen-bond acceptors (Lipinski definition) is 4. The number of Topliss-reactive ketones (excluding diaryl/α,β-unsaturated/α-hetero) is 1. The molecule has 0 amide bonds. The number of imidazole rings is 1. The zero-order valence-corrected chi connectivity index (χ0v) is 26.1. The summed E-state index contributed by atoms with van der Waals surface area (Å²) in [5, 5.41) is 3.43. The maximum Gasteiger partial charge on any atom is 0.142 e. The minimum absolute atomic E-state index is 0.102. The molecule has 4 rings (SSSR count). The molecule has 1 saturated heterocycles. The van der Waals surface area contributed by atoms with Gasteiger partial charge in [-0.15, -0.1) is 0 Å². The summed E-state index contributed by atoms with van der Waals surface area (Å²) in [4.78, 5) is 18.8. The van der Waals surface area contributed by atoms with Crippen molar-refractivity contribution in [3.8, 4) is 0 Å². The number of carbonyl (C=O) groups excluding carboxylic acids is 1. The normalized spacial score (nSPS) is 13.0. The zero-order chi connectivity index (χ0) is 29.4. The van der Waals surface area contributed by atoms with Crippen LogP contribution in [0.25, 0.3) is 5.65 Å². The predicted octanol–water partition coefficient (Wildman–Crippen LogP) is 8.25. The van der Waals surface area contributed by atoms with Crippen LogP contribution >= 0.6 is 0 Å². The fourth-order valence-electron chi connectivity index (χ4n) is 4.96. The maximum absolute atomic E-state index is 13.9. The Labute approximate surface area is 237 Å². The molecule has 4 heterocycles. The van der Waals surface area contributed by atoms with Crippen molar-refractivity contribution < 1.29 is 9.18 Å². The molecule has 218 valence electrons. The monoisotopic (exact) mass is 540 g/mol. The number of hydrogen-bond donors (Lipinski definition) is 1. The van der Waals surface area contributed by atoms with Crippen LogP contribution < -0.4 is 5.32 Å². The van der Waals surface area contributed by atoms with E-state index in [-0.39, 0.29) is 11.6 Å². The van der Waals surface area contributed by atoms with E-state index in [1.54, 1.807) is 19.4 Å². The van der Waals surface area contributed by atoms with E-state index in [1.807, 2.05) is 50.7 Å². The van der Waals surface area contributed by atoms with Gasteiger partial charge in [-0.05, 0) is 96.0 Å². The second kappa shape index (κ2) is 18.6. The lowest BCUT2D eigenvalue weighted by molar-refractivity contribution is -0.117. The molecular weight excluding hydrogens is 487 g/mol. The lowest BCUT2D eigenvalue weighted by atomic mass is 9.86. The van der Waals surface area contributed by atoms with Crippen molar-refractivity contribution in [2.45, 2.75) is 120 Å². The van der Waals surface area contributed by atoms with Gasteiger partial charge < -0.3 is 14.5 Å². The van der Waals surface area contributed by atoms with Crippen molar-refractivity contribution in [1.82, 2.24) is 19.7 Å². The molecule has 0 aliphatic carbocycles. The number of rotatable bonds is 7. The van der Waals surface area contributed by atoms with E-state index >= 15 is 0 Å². The Balaban J connectivity index is 0.000000309. The second-order valence-electron chi connectivity index (χ2n) is 10.1. The number of piperidine rings is 1. The largest absolute Gasteiger partial charge is 0.317 e. The Hall–Kier alpha value is -2.60. The minimum atomic E-state index is -0.102. The molecule has 5 nitrogen and oxygen atoms in total. The predicted molar refractivity (Wildman–Crippen MR) is 163 cm³/mol. The summed E-state index contributed by atoms with van der Waals surface area (Å²) in [5.74, 6) is 0.942. The van der Waals surface area contributed by atoms with Crippen LogP contribution in [-0.4, -0.2) is 33.2 Å². The van der Waals surface area contributed by atoms with E-state index in [1.165, 1.54) is 36.9 Å². The van der Waals surface area contributed by atoms with Gasteiger partial charge in [0.05, 0.1) is 5.69 Å². The van der Waals surface area contributed by atoms with Crippen LogP contribution in [0.5, 0.6) is 0 Å². The van der Waals surface area contributed by atoms with Crippen LogP contribution in [0, 0.1) is 26.6 Å². The highest BCUT2D eigenvalue weighted by atomic mass is 19.1. The number of halogens is 1. The van der Waals surface area contributed by atoms with Crippen LogP contribution in [-0.2, 0) is 17.6 Å². The third kappa shape index (κ3) is 10.8. The van der Waals surface area contributed by atoms with E-state index in [0.29, 0.717) is 5.56 Å². The molecule has 0 spiro atoms. The first-order chi connectivity index (χ1) is 18.7. The highest BCUT2D eigenvalue weighted by molar-refractivity contribution is 5.75.